The zero-order valence-corrected chi connectivity index (χ0v) is 6.73. The third-order valence-electron chi connectivity index (χ3n) is 1.75. The minimum Gasteiger partial charge on any atom is -0.373 e. The first-order valence-corrected chi connectivity index (χ1v) is 4.26. The predicted octanol–water partition coefficient (Wildman–Crippen LogP) is 1.16. The van der Waals surface area contributed by atoms with Crippen LogP contribution in [0.4, 0.5) is 0 Å². The van der Waals surface area contributed by atoms with Crippen molar-refractivity contribution in [2.45, 2.75) is 32.3 Å². The second-order valence-corrected chi connectivity index (χ2v) is 2.85. The highest BCUT2D eigenvalue weighted by Crippen LogP contribution is 2.11. The van der Waals surface area contributed by atoms with Crippen molar-refractivity contribution in [3.05, 3.63) is 0 Å². The standard InChI is InChI=1S/C8H17NO/c1-2-3-5-9-6-4-8-7-10-8/h8-9H,2-7H2,1H3. The van der Waals surface area contributed by atoms with Gasteiger partial charge in [0.25, 0.3) is 0 Å². The van der Waals surface area contributed by atoms with Crippen molar-refractivity contribution in [3.8, 4) is 0 Å². The van der Waals surface area contributed by atoms with Gasteiger partial charge in [-0.1, -0.05) is 13.3 Å². The van der Waals surface area contributed by atoms with Gasteiger partial charge in [-0.15, -0.1) is 0 Å². The smallest absolute Gasteiger partial charge is 0.0822 e. The summed E-state index contributed by atoms with van der Waals surface area (Å²) in [4.78, 5) is 0. The lowest BCUT2D eigenvalue weighted by Crippen LogP contribution is -2.17. The van der Waals surface area contributed by atoms with Gasteiger partial charge in [0.1, 0.15) is 0 Å². The van der Waals surface area contributed by atoms with Crippen LogP contribution in [0, 0.1) is 0 Å². The van der Waals surface area contributed by atoms with Crippen LogP contribution in [-0.4, -0.2) is 25.8 Å². The van der Waals surface area contributed by atoms with Gasteiger partial charge in [0, 0.05) is 0 Å². The Morgan fingerprint density at radius 3 is 2.90 bits per heavy atom. The van der Waals surface area contributed by atoms with Gasteiger partial charge < -0.3 is 10.1 Å². The van der Waals surface area contributed by atoms with Gasteiger partial charge >= 0.3 is 0 Å². The lowest BCUT2D eigenvalue weighted by molar-refractivity contribution is 0.392. The van der Waals surface area contributed by atoms with E-state index in [1.807, 2.05) is 0 Å². The quantitative estimate of drug-likeness (QED) is 0.446. The van der Waals surface area contributed by atoms with Gasteiger partial charge in [-0.25, -0.2) is 0 Å². The SMILES string of the molecule is CCCCNCCC1CO1. The third kappa shape index (κ3) is 3.85. The first-order chi connectivity index (χ1) is 4.93. The monoisotopic (exact) mass is 143 g/mol. The fourth-order valence-electron chi connectivity index (χ4n) is 0.925. The lowest BCUT2D eigenvalue weighted by Gasteiger charge is -1.99. The molecule has 0 aromatic carbocycles. The van der Waals surface area contributed by atoms with E-state index in [1.54, 1.807) is 0 Å². The van der Waals surface area contributed by atoms with Crippen molar-refractivity contribution < 1.29 is 4.74 Å². The highest BCUT2D eigenvalue weighted by molar-refractivity contribution is 4.69. The van der Waals surface area contributed by atoms with Crippen LogP contribution in [0.5, 0.6) is 0 Å². The van der Waals surface area contributed by atoms with Crippen molar-refractivity contribution >= 4 is 0 Å². The summed E-state index contributed by atoms with van der Waals surface area (Å²) in [5.41, 5.74) is 0. The van der Waals surface area contributed by atoms with Gasteiger partial charge in [0.15, 0.2) is 0 Å². The van der Waals surface area contributed by atoms with Gasteiger partial charge in [0.05, 0.1) is 12.7 Å². The Bertz CT molecular complexity index is 81.3. The Morgan fingerprint density at radius 2 is 2.30 bits per heavy atom. The molecule has 2 heteroatoms. The molecule has 1 rings (SSSR count). The fourth-order valence-corrected chi connectivity index (χ4v) is 0.925. The first kappa shape index (κ1) is 8.02. The first-order valence-electron chi connectivity index (χ1n) is 4.26. The van der Waals surface area contributed by atoms with Gasteiger partial charge in [-0.05, 0) is 25.9 Å². The molecular weight excluding hydrogens is 126 g/mol. The topological polar surface area (TPSA) is 24.6 Å². The van der Waals surface area contributed by atoms with Crippen LogP contribution in [0.1, 0.15) is 26.2 Å². The second-order valence-electron chi connectivity index (χ2n) is 2.85. The van der Waals surface area contributed by atoms with Crippen molar-refractivity contribution in [3.63, 3.8) is 0 Å². The molecule has 2 nitrogen and oxygen atoms in total. The molecule has 1 aliphatic rings. The summed E-state index contributed by atoms with van der Waals surface area (Å²) in [6, 6.07) is 0. The van der Waals surface area contributed by atoms with E-state index in [-0.39, 0.29) is 0 Å². The summed E-state index contributed by atoms with van der Waals surface area (Å²) in [6.07, 6.45) is 4.37. The molecule has 0 bridgehead atoms. The zero-order chi connectivity index (χ0) is 7.23. The van der Waals surface area contributed by atoms with Crippen LogP contribution in [-0.2, 0) is 4.74 Å². The Kier molecular flexibility index (Phi) is 3.76. The molecule has 1 fully saturated rings. The van der Waals surface area contributed by atoms with E-state index in [4.69, 9.17) is 4.74 Å². The number of ether oxygens (including phenoxy) is 1. The molecule has 0 saturated carbocycles. The molecule has 1 heterocycles. The van der Waals surface area contributed by atoms with Gasteiger partial charge in [-0.3, -0.25) is 0 Å². The molecule has 1 saturated heterocycles. The Balaban J connectivity index is 1.68. The molecule has 0 spiro atoms. The fraction of sp³-hybridized carbons (Fsp3) is 1.00. The highest BCUT2D eigenvalue weighted by Gasteiger charge is 2.20. The third-order valence-corrected chi connectivity index (χ3v) is 1.75. The number of rotatable bonds is 6. The number of hydrogen-bond acceptors (Lipinski definition) is 2. The zero-order valence-electron chi connectivity index (χ0n) is 6.73. The molecule has 1 atom stereocenters. The van der Waals surface area contributed by atoms with Crippen LogP contribution < -0.4 is 5.32 Å². The molecule has 0 aromatic rings. The van der Waals surface area contributed by atoms with Crippen LogP contribution >= 0.6 is 0 Å². The predicted molar refractivity (Wildman–Crippen MR) is 42.1 cm³/mol. The van der Waals surface area contributed by atoms with Crippen LogP contribution in [0.25, 0.3) is 0 Å². The molecule has 60 valence electrons. The number of unbranched alkanes of at least 4 members (excludes halogenated alkanes) is 1. The highest BCUT2D eigenvalue weighted by atomic mass is 16.6. The summed E-state index contributed by atoms with van der Waals surface area (Å²) in [6.45, 7) is 5.51. The molecule has 0 radical (unpaired) electrons. The largest absolute Gasteiger partial charge is 0.373 e. The van der Waals surface area contributed by atoms with Crippen molar-refractivity contribution in [1.29, 1.82) is 0 Å². The average molecular weight is 143 g/mol. The number of epoxide rings is 1. The van der Waals surface area contributed by atoms with E-state index < -0.39 is 0 Å². The Hall–Kier alpha value is -0.0800. The van der Waals surface area contributed by atoms with Crippen molar-refractivity contribution in [2.75, 3.05) is 19.7 Å². The van der Waals surface area contributed by atoms with Crippen LogP contribution in [0.3, 0.4) is 0 Å². The Morgan fingerprint density at radius 1 is 1.50 bits per heavy atom. The molecule has 0 aromatic heterocycles. The molecule has 0 amide bonds. The van der Waals surface area contributed by atoms with Crippen molar-refractivity contribution in [2.24, 2.45) is 0 Å². The maximum atomic E-state index is 5.08. The van der Waals surface area contributed by atoms with Crippen LogP contribution in [0.15, 0.2) is 0 Å². The second kappa shape index (κ2) is 4.69. The average Bonchev–Trinajstić information content (AvgIpc) is 2.71. The van der Waals surface area contributed by atoms with Gasteiger partial charge in [0.2, 0.25) is 0 Å². The molecule has 1 N–H and O–H groups in total. The summed E-state index contributed by atoms with van der Waals surface area (Å²) >= 11 is 0. The minimum absolute atomic E-state index is 0.592. The molecule has 1 unspecified atom stereocenters. The summed E-state index contributed by atoms with van der Waals surface area (Å²) in [5, 5.41) is 3.38. The molecular formula is C8H17NO. The van der Waals surface area contributed by atoms with Crippen LogP contribution in [0.2, 0.25) is 0 Å². The van der Waals surface area contributed by atoms with E-state index in [2.05, 4.69) is 12.2 Å². The maximum absolute atomic E-state index is 5.08. The maximum Gasteiger partial charge on any atom is 0.0822 e. The summed E-state index contributed by atoms with van der Waals surface area (Å²) in [7, 11) is 0. The summed E-state index contributed by atoms with van der Waals surface area (Å²) < 4.78 is 5.08. The van der Waals surface area contributed by atoms with Crippen molar-refractivity contribution in [1.82, 2.24) is 5.32 Å². The number of nitrogens with one attached hydrogen (secondary N) is 1. The minimum atomic E-state index is 0.592. The summed E-state index contributed by atoms with van der Waals surface area (Å²) in [5.74, 6) is 0. The van der Waals surface area contributed by atoms with Gasteiger partial charge in [-0.2, -0.15) is 0 Å². The lowest BCUT2D eigenvalue weighted by atomic mass is 10.3. The van der Waals surface area contributed by atoms with E-state index in [9.17, 15) is 0 Å². The molecule has 1 aliphatic heterocycles. The number of hydrogen-bond donors (Lipinski definition) is 1. The van der Waals surface area contributed by atoms with E-state index >= 15 is 0 Å². The van der Waals surface area contributed by atoms with E-state index in [1.165, 1.54) is 25.8 Å². The Labute approximate surface area is 63.0 Å². The normalized spacial score (nSPS) is 23.1. The molecule has 10 heavy (non-hydrogen) atoms. The van der Waals surface area contributed by atoms with E-state index in [0.717, 1.165) is 13.2 Å². The van der Waals surface area contributed by atoms with E-state index in [0.29, 0.717) is 6.10 Å². The molecule has 0 aliphatic carbocycles.